The molecule has 0 heterocycles. The van der Waals surface area contributed by atoms with Crippen molar-refractivity contribution in [1.82, 2.24) is 5.32 Å². The topological polar surface area (TPSA) is 35.8 Å². The Labute approximate surface area is 91.2 Å². The van der Waals surface area contributed by atoms with E-state index in [0.717, 1.165) is 13.1 Å². The van der Waals surface area contributed by atoms with Gasteiger partial charge >= 0.3 is 0 Å². The van der Waals surface area contributed by atoms with Gasteiger partial charge in [-0.1, -0.05) is 23.8 Å². The van der Waals surface area contributed by atoms with Crippen molar-refractivity contribution in [3.05, 3.63) is 47.0 Å². The van der Waals surface area contributed by atoms with Gasteiger partial charge in [0, 0.05) is 13.1 Å². The van der Waals surface area contributed by atoms with Crippen molar-refractivity contribution in [2.75, 3.05) is 6.54 Å². The van der Waals surface area contributed by atoms with Crippen LogP contribution in [0.4, 0.5) is 0 Å². The van der Waals surface area contributed by atoms with Gasteiger partial charge in [-0.15, -0.1) is 0 Å². The summed E-state index contributed by atoms with van der Waals surface area (Å²) in [6.07, 6.45) is 2.16. The van der Waals surface area contributed by atoms with Gasteiger partial charge in [0.1, 0.15) is 0 Å². The highest BCUT2D eigenvalue weighted by Crippen LogP contribution is 2.02. The van der Waals surface area contributed by atoms with E-state index in [0.29, 0.717) is 5.56 Å². The zero-order chi connectivity index (χ0) is 11.1. The van der Waals surface area contributed by atoms with Crippen LogP contribution < -0.4 is 5.32 Å². The standard InChI is InChI=1S/C13H16N2/c1-11(2)7-8-15-10-13-5-3-12(9-14)4-6-13/h3-7,15H,8,10H2,1-2H3. The molecule has 15 heavy (non-hydrogen) atoms. The lowest BCUT2D eigenvalue weighted by molar-refractivity contribution is 0.757. The van der Waals surface area contributed by atoms with E-state index < -0.39 is 0 Å². The molecule has 1 rings (SSSR count). The molecule has 0 amide bonds. The molecule has 0 spiro atoms. The van der Waals surface area contributed by atoms with Gasteiger partial charge in [0.05, 0.1) is 11.6 Å². The van der Waals surface area contributed by atoms with E-state index in [1.807, 2.05) is 24.3 Å². The first kappa shape index (κ1) is 11.5. The SMILES string of the molecule is CC(C)=CCNCc1ccc(C#N)cc1. The molecule has 0 aliphatic heterocycles. The highest BCUT2D eigenvalue weighted by atomic mass is 14.8. The number of rotatable bonds is 4. The van der Waals surface area contributed by atoms with Crippen LogP contribution in [0.1, 0.15) is 25.0 Å². The van der Waals surface area contributed by atoms with Crippen molar-refractivity contribution in [3.8, 4) is 6.07 Å². The Bertz CT molecular complexity index is 365. The van der Waals surface area contributed by atoms with Gasteiger partial charge in [-0.2, -0.15) is 5.26 Å². The summed E-state index contributed by atoms with van der Waals surface area (Å²) in [4.78, 5) is 0. The lowest BCUT2D eigenvalue weighted by atomic mass is 10.1. The summed E-state index contributed by atoms with van der Waals surface area (Å²) < 4.78 is 0. The first-order valence-corrected chi connectivity index (χ1v) is 5.05. The number of nitrogens with zero attached hydrogens (tertiary/aromatic N) is 1. The molecule has 1 N–H and O–H groups in total. The van der Waals surface area contributed by atoms with E-state index in [4.69, 9.17) is 5.26 Å². The second-order valence-corrected chi connectivity index (χ2v) is 3.72. The Morgan fingerprint density at radius 3 is 2.53 bits per heavy atom. The second kappa shape index (κ2) is 6.00. The Morgan fingerprint density at radius 2 is 2.00 bits per heavy atom. The maximum Gasteiger partial charge on any atom is 0.0991 e. The van der Waals surface area contributed by atoms with Crippen LogP contribution in [0.3, 0.4) is 0 Å². The summed E-state index contributed by atoms with van der Waals surface area (Å²) in [5, 5.41) is 11.9. The molecule has 0 saturated heterocycles. The molecule has 0 fully saturated rings. The zero-order valence-corrected chi connectivity index (χ0v) is 9.25. The number of nitriles is 1. The van der Waals surface area contributed by atoms with Crippen LogP contribution in [0.15, 0.2) is 35.9 Å². The summed E-state index contributed by atoms with van der Waals surface area (Å²) in [5.74, 6) is 0. The van der Waals surface area contributed by atoms with Crippen LogP contribution >= 0.6 is 0 Å². The molecule has 0 aliphatic carbocycles. The van der Waals surface area contributed by atoms with E-state index in [-0.39, 0.29) is 0 Å². The van der Waals surface area contributed by atoms with Crippen LogP contribution in [-0.4, -0.2) is 6.54 Å². The van der Waals surface area contributed by atoms with Crippen LogP contribution in [-0.2, 0) is 6.54 Å². The summed E-state index contributed by atoms with van der Waals surface area (Å²) >= 11 is 0. The molecule has 0 radical (unpaired) electrons. The molecule has 1 aromatic carbocycles. The minimum atomic E-state index is 0.711. The maximum atomic E-state index is 8.63. The van der Waals surface area contributed by atoms with Gasteiger partial charge in [-0.05, 0) is 31.5 Å². The van der Waals surface area contributed by atoms with Gasteiger partial charge in [0.15, 0.2) is 0 Å². The highest BCUT2D eigenvalue weighted by Gasteiger charge is 1.92. The molecule has 2 heteroatoms. The summed E-state index contributed by atoms with van der Waals surface area (Å²) in [6, 6.07) is 9.76. The first-order chi connectivity index (χ1) is 7.22. The van der Waals surface area contributed by atoms with E-state index in [1.54, 1.807) is 0 Å². The van der Waals surface area contributed by atoms with Gasteiger partial charge in [-0.25, -0.2) is 0 Å². The van der Waals surface area contributed by atoms with E-state index in [1.165, 1.54) is 11.1 Å². The fourth-order valence-corrected chi connectivity index (χ4v) is 1.19. The molecule has 2 nitrogen and oxygen atoms in total. The van der Waals surface area contributed by atoms with Crippen molar-refractivity contribution in [2.24, 2.45) is 0 Å². The molecular weight excluding hydrogens is 184 g/mol. The average Bonchev–Trinajstić information content (AvgIpc) is 2.25. The van der Waals surface area contributed by atoms with Gasteiger partial charge < -0.3 is 5.32 Å². The Kier molecular flexibility index (Phi) is 4.59. The van der Waals surface area contributed by atoms with E-state index in [2.05, 4.69) is 31.3 Å². The van der Waals surface area contributed by atoms with Gasteiger partial charge in [0.2, 0.25) is 0 Å². The normalized spacial score (nSPS) is 9.40. The van der Waals surface area contributed by atoms with Crippen LogP contribution in [0.5, 0.6) is 0 Å². The zero-order valence-electron chi connectivity index (χ0n) is 9.25. The predicted molar refractivity (Wildman–Crippen MR) is 62.3 cm³/mol. The van der Waals surface area contributed by atoms with Crippen LogP contribution in [0.25, 0.3) is 0 Å². The third-order valence-electron chi connectivity index (χ3n) is 2.07. The highest BCUT2D eigenvalue weighted by molar-refractivity contribution is 5.31. The van der Waals surface area contributed by atoms with E-state index in [9.17, 15) is 0 Å². The number of hydrogen-bond acceptors (Lipinski definition) is 2. The third-order valence-corrected chi connectivity index (χ3v) is 2.07. The van der Waals surface area contributed by atoms with Crippen molar-refractivity contribution in [3.63, 3.8) is 0 Å². The van der Waals surface area contributed by atoms with Gasteiger partial charge in [0.25, 0.3) is 0 Å². The summed E-state index contributed by atoms with van der Waals surface area (Å²) in [6.45, 7) is 5.91. The fraction of sp³-hybridized carbons (Fsp3) is 0.308. The smallest absolute Gasteiger partial charge is 0.0991 e. The monoisotopic (exact) mass is 200 g/mol. The average molecular weight is 200 g/mol. The van der Waals surface area contributed by atoms with Crippen molar-refractivity contribution in [2.45, 2.75) is 20.4 Å². The predicted octanol–water partition coefficient (Wildman–Crippen LogP) is 2.61. The number of hydrogen-bond donors (Lipinski definition) is 1. The number of allylic oxidation sites excluding steroid dienone is 1. The fourth-order valence-electron chi connectivity index (χ4n) is 1.19. The molecule has 0 atom stereocenters. The molecule has 0 aliphatic rings. The van der Waals surface area contributed by atoms with Crippen LogP contribution in [0, 0.1) is 11.3 Å². The molecule has 1 aromatic rings. The molecule has 0 saturated carbocycles. The lowest BCUT2D eigenvalue weighted by Crippen LogP contribution is -2.12. The third kappa shape index (κ3) is 4.44. The van der Waals surface area contributed by atoms with Crippen molar-refractivity contribution < 1.29 is 0 Å². The first-order valence-electron chi connectivity index (χ1n) is 5.05. The molecule has 0 unspecified atom stereocenters. The summed E-state index contributed by atoms with van der Waals surface area (Å²) in [7, 11) is 0. The lowest BCUT2D eigenvalue weighted by Gasteiger charge is -2.02. The number of benzene rings is 1. The maximum absolute atomic E-state index is 8.63. The quantitative estimate of drug-likeness (QED) is 0.599. The molecule has 78 valence electrons. The van der Waals surface area contributed by atoms with Crippen LogP contribution in [0.2, 0.25) is 0 Å². The Balaban J connectivity index is 2.39. The van der Waals surface area contributed by atoms with Crippen molar-refractivity contribution in [1.29, 1.82) is 5.26 Å². The molecular formula is C13H16N2. The molecule has 0 bridgehead atoms. The Hall–Kier alpha value is -1.59. The van der Waals surface area contributed by atoms with Crippen molar-refractivity contribution >= 4 is 0 Å². The van der Waals surface area contributed by atoms with Gasteiger partial charge in [-0.3, -0.25) is 0 Å². The largest absolute Gasteiger partial charge is 0.309 e. The Morgan fingerprint density at radius 1 is 1.33 bits per heavy atom. The summed E-state index contributed by atoms with van der Waals surface area (Å²) in [5.41, 5.74) is 3.24. The van der Waals surface area contributed by atoms with E-state index >= 15 is 0 Å². The number of nitrogens with one attached hydrogen (secondary N) is 1. The minimum Gasteiger partial charge on any atom is -0.309 e. The minimum absolute atomic E-state index is 0.711. The molecule has 0 aromatic heterocycles. The second-order valence-electron chi connectivity index (χ2n) is 3.72.